The third-order valence-corrected chi connectivity index (χ3v) is 3.64. The normalized spacial score (nSPS) is 18.8. The van der Waals surface area contributed by atoms with Crippen LogP contribution in [0.5, 0.6) is 0 Å². The van der Waals surface area contributed by atoms with Crippen molar-refractivity contribution in [2.45, 2.75) is 38.0 Å². The van der Waals surface area contributed by atoms with Gasteiger partial charge in [0.05, 0.1) is 0 Å². The SMILES string of the molecule is O=Cc1cc(C2CCCCC2)sn1. The Bertz CT molecular complexity index is 289. The predicted octanol–water partition coefficient (Wildman–Crippen LogP) is 3.00. The van der Waals surface area contributed by atoms with E-state index in [9.17, 15) is 4.79 Å². The largest absolute Gasteiger partial charge is 0.296 e. The van der Waals surface area contributed by atoms with E-state index in [2.05, 4.69) is 4.37 Å². The second-order valence-corrected chi connectivity index (χ2v) is 4.44. The molecular formula is C10H13NOS. The second kappa shape index (κ2) is 4.01. The summed E-state index contributed by atoms with van der Waals surface area (Å²) in [5.74, 6) is 0.681. The van der Waals surface area contributed by atoms with Crippen LogP contribution in [0, 0.1) is 0 Å². The fraction of sp³-hybridized carbons (Fsp3) is 0.600. The van der Waals surface area contributed by atoms with E-state index >= 15 is 0 Å². The summed E-state index contributed by atoms with van der Waals surface area (Å²) in [6.45, 7) is 0. The molecule has 13 heavy (non-hydrogen) atoms. The highest BCUT2D eigenvalue weighted by atomic mass is 32.1. The van der Waals surface area contributed by atoms with Crippen LogP contribution in [0.3, 0.4) is 0 Å². The lowest BCUT2D eigenvalue weighted by Gasteiger charge is -2.19. The number of nitrogens with zero attached hydrogens (tertiary/aromatic N) is 1. The fourth-order valence-electron chi connectivity index (χ4n) is 1.94. The lowest BCUT2D eigenvalue weighted by Crippen LogP contribution is -2.02. The van der Waals surface area contributed by atoms with Crippen LogP contribution in [0.2, 0.25) is 0 Å². The lowest BCUT2D eigenvalue weighted by molar-refractivity contribution is 0.112. The molecule has 1 aliphatic carbocycles. The molecule has 0 saturated heterocycles. The molecule has 2 nitrogen and oxygen atoms in total. The Morgan fingerprint density at radius 3 is 2.77 bits per heavy atom. The highest BCUT2D eigenvalue weighted by Crippen LogP contribution is 2.34. The Kier molecular flexibility index (Phi) is 2.74. The van der Waals surface area contributed by atoms with Gasteiger partial charge in [-0.25, -0.2) is 0 Å². The van der Waals surface area contributed by atoms with Crippen molar-refractivity contribution < 1.29 is 4.79 Å². The summed E-state index contributed by atoms with van der Waals surface area (Å²) in [5.41, 5.74) is 0.602. The Hall–Kier alpha value is -0.700. The lowest BCUT2D eigenvalue weighted by atomic mass is 9.88. The molecule has 70 valence electrons. The number of aromatic nitrogens is 1. The van der Waals surface area contributed by atoms with Gasteiger partial charge < -0.3 is 0 Å². The molecule has 0 radical (unpaired) electrons. The van der Waals surface area contributed by atoms with E-state index < -0.39 is 0 Å². The van der Waals surface area contributed by atoms with Crippen molar-refractivity contribution in [3.63, 3.8) is 0 Å². The zero-order chi connectivity index (χ0) is 9.10. The molecule has 1 aromatic heterocycles. The topological polar surface area (TPSA) is 30.0 Å². The first-order valence-electron chi connectivity index (χ1n) is 4.82. The molecule has 0 atom stereocenters. The summed E-state index contributed by atoms with van der Waals surface area (Å²) in [4.78, 5) is 11.8. The van der Waals surface area contributed by atoms with Crippen LogP contribution < -0.4 is 0 Å². The molecule has 1 heterocycles. The highest BCUT2D eigenvalue weighted by molar-refractivity contribution is 7.06. The van der Waals surface area contributed by atoms with E-state index in [4.69, 9.17) is 0 Å². The first-order valence-corrected chi connectivity index (χ1v) is 5.59. The van der Waals surface area contributed by atoms with Crippen molar-refractivity contribution in [3.8, 4) is 0 Å². The predicted molar refractivity (Wildman–Crippen MR) is 53.3 cm³/mol. The molecule has 0 spiro atoms. The van der Waals surface area contributed by atoms with Crippen LogP contribution in [0.1, 0.15) is 53.4 Å². The first kappa shape index (κ1) is 8.88. The molecule has 1 aliphatic rings. The van der Waals surface area contributed by atoms with Gasteiger partial charge in [-0.2, -0.15) is 4.37 Å². The van der Waals surface area contributed by atoms with Gasteiger partial charge in [0.2, 0.25) is 0 Å². The molecule has 2 rings (SSSR count). The Morgan fingerprint density at radius 2 is 2.15 bits per heavy atom. The molecule has 1 aromatic rings. The van der Waals surface area contributed by atoms with Crippen molar-refractivity contribution in [3.05, 3.63) is 16.6 Å². The summed E-state index contributed by atoms with van der Waals surface area (Å²) in [6.07, 6.45) is 7.43. The average Bonchev–Trinajstić information content (AvgIpc) is 2.67. The van der Waals surface area contributed by atoms with Gasteiger partial charge in [-0.1, -0.05) is 19.3 Å². The number of rotatable bonds is 2. The molecule has 1 fully saturated rings. The maximum Gasteiger partial charge on any atom is 0.169 e. The Balaban J connectivity index is 2.09. The van der Waals surface area contributed by atoms with Gasteiger partial charge in [-0.15, -0.1) is 0 Å². The van der Waals surface area contributed by atoms with E-state index in [-0.39, 0.29) is 0 Å². The van der Waals surface area contributed by atoms with Gasteiger partial charge in [0, 0.05) is 4.88 Å². The number of carbonyl (C=O) groups is 1. The molecule has 0 unspecified atom stereocenters. The quantitative estimate of drug-likeness (QED) is 0.679. The van der Waals surface area contributed by atoms with Gasteiger partial charge in [-0.3, -0.25) is 4.79 Å². The van der Waals surface area contributed by atoms with Crippen LogP contribution in [0.4, 0.5) is 0 Å². The van der Waals surface area contributed by atoms with Crippen LogP contribution in [-0.2, 0) is 0 Å². The summed E-state index contributed by atoms with van der Waals surface area (Å²) in [7, 11) is 0. The fourth-order valence-corrected chi connectivity index (χ4v) is 2.80. The Labute approximate surface area is 82.1 Å². The van der Waals surface area contributed by atoms with Gasteiger partial charge in [0.25, 0.3) is 0 Å². The smallest absolute Gasteiger partial charge is 0.169 e. The van der Waals surface area contributed by atoms with Crippen LogP contribution in [0.15, 0.2) is 6.07 Å². The van der Waals surface area contributed by atoms with Crippen molar-refractivity contribution >= 4 is 17.8 Å². The molecule has 0 bridgehead atoms. The van der Waals surface area contributed by atoms with Gasteiger partial charge in [0.15, 0.2) is 6.29 Å². The zero-order valence-corrected chi connectivity index (χ0v) is 8.35. The minimum Gasteiger partial charge on any atom is -0.296 e. The molecule has 0 aromatic carbocycles. The molecule has 0 amide bonds. The van der Waals surface area contributed by atoms with E-state index in [1.165, 1.54) is 48.5 Å². The van der Waals surface area contributed by atoms with Crippen molar-refractivity contribution in [2.24, 2.45) is 0 Å². The number of aldehydes is 1. The van der Waals surface area contributed by atoms with Crippen LogP contribution in [0.25, 0.3) is 0 Å². The minimum atomic E-state index is 0.602. The van der Waals surface area contributed by atoms with Crippen LogP contribution in [-0.4, -0.2) is 10.7 Å². The average molecular weight is 195 g/mol. The van der Waals surface area contributed by atoms with E-state index in [0.717, 1.165) is 6.29 Å². The minimum absolute atomic E-state index is 0.602. The van der Waals surface area contributed by atoms with Crippen LogP contribution >= 0.6 is 11.5 Å². The maximum atomic E-state index is 10.4. The van der Waals surface area contributed by atoms with Gasteiger partial charge >= 0.3 is 0 Å². The Morgan fingerprint density at radius 1 is 1.38 bits per heavy atom. The monoisotopic (exact) mass is 195 g/mol. The molecule has 3 heteroatoms. The van der Waals surface area contributed by atoms with E-state index in [1.807, 2.05) is 6.07 Å². The first-order chi connectivity index (χ1) is 6.40. The zero-order valence-electron chi connectivity index (χ0n) is 7.53. The number of hydrogen-bond acceptors (Lipinski definition) is 3. The van der Waals surface area contributed by atoms with Gasteiger partial charge in [0.1, 0.15) is 5.69 Å². The molecule has 0 N–H and O–H groups in total. The summed E-state index contributed by atoms with van der Waals surface area (Å²) in [6, 6.07) is 1.95. The summed E-state index contributed by atoms with van der Waals surface area (Å²) < 4.78 is 4.08. The van der Waals surface area contributed by atoms with Gasteiger partial charge in [-0.05, 0) is 36.4 Å². The van der Waals surface area contributed by atoms with E-state index in [0.29, 0.717) is 11.6 Å². The third kappa shape index (κ3) is 1.97. The molecule has 0 aliphatic heterocycles. The standard InChI is InChI=1S/C10H13NOS/c12-7-9-6-10(13-11-9)8-4-2-1-3-5-8/h6-8H,1-5H2. The number of carbonyl (C=O) groups excluding carboxylic acids is 1. The van der Waals surface area contributed by atoms with Crippen molar-refractivity contribution in [1.82, 2.24) is 4.37 Å². The maximum absolute atomic E-state index is 10.4. The highest BCUT2D eigenvalue weighted by Gasteiger charge is 2.17. The van der Waals surface area contributed by atoms with Crippen molar-refractivity contribution in [1.29, 1.82) is 0 Å². The van der Waals surface area contributed by atoms with E-state index in [1.54, 1.807) is 0 Å². The summed E-state index contributed by atoms with van der Waals surface area (Å²) >= 11 is 1.50. The molecule has 1 saturated carbocycles. The summed E-state index contributed by atoms with van der Waals surface area (Å²) in [5, 5.41) is 0. The molecular weight excluding hydrogens is 182 g/mol. The van der Waals surface area contributed by atoms with Crippen molar-refractivity contribution in [2.75, 3.05) is 0 Å². The third-order valence-electron chi connectivity index (χ3n) is 2.67. The number of hydrogen-bond donors (Lipinski definition) is 0. The second-order valence-electron chi connectivity index (χ2n) is 3.61.